The van der Waals surface area contributed by atoms with Crippen molar-refractivity contribution in [2.24, 2.45) is 0 Å². The Balaban J connectivity index is 2.09. The minimum absolute atomic E-state index is 0.642. The lowest BCUT2D eigenvalue weighted by atomic mass is 10.2. The molecule has 0 fully saturated rings. The lowest BCUT2D eigenvalue weighted by molar-refractivity contribution is 0.183. The Bertz CT molecular complexity index is 494. The molecule has 0 unspecified atom stereocenters. The topological polar surface area (TPSA) is 18.5 Å². The third-order valence-corrected chi connectivity index (χ3v) is 5.33. The summed E-state index contributed by atoms with van der Waals surface area (Å²) < 4.78 is 10.5. The second-order valence-corrected chi connectivity index (χ2v) is 6.46. The Morgan fingerprint density at radius 1 is 0.700 bits per heavy atom. The monoisotopic (exact) mass is 306 g/mol. The van der Waals surface area contributed by atoms with E-state index in [1.165, 1.54) is 20.9 Å². The molecule has 0 aliphatic carbocycles. The van der Waals surface area contributed by atoms with Crippen molar-refractivity contribution >= 4 is 21.6 Å². The molecule has 4 heteroatoms. The van der Waals surface area contributed by atoms with Crippen LogP contribution in [0.5, 0.6) is 0 Å². The van der Waals surface area contributed by atoms with Gasteiger partial charge in [-0.05, 0) is 23.3 Å². The molecular weight excluding hydrogens is 288 g/mol. The SMILES string of the molecule is COCc1ccccc1SSc1ccccc1COC. The van der Waals surface area contributed by atoms with Crippen molar-refractivity contribution < 1.29 is 9.47 Å². The Morgan fingerprint density at radius 2 is 1.10 bits per heavy atom. The summed E-state index contributed by atoms with van der Waals surface area (Å²) in [5.41, 5.74) is 2.44. The van der Waals surface area contributed by atoms with Gasteiger partial charge in [0.25, 0.3) is 0 Å². The molecule has 0 radical (unpaired) electrons. The van der Waals surface area contributed by atoms with Gasteiger partial charge in [-0.25, -0.2) is 0 Å². The zero-order valence-corrected chi connectivity index (χ0v) is 13.3. The molecule has 0 saturated heterocycles. The van der Waals surface area contributed by atoms with E-state index in [4.69, 9.17) is 9.47 Å². The largest absolute Gasteiger partial charge is 0.380 e. The van der Waals surface area contributed by atoms with Gasteiger partial charge < -0.3 is 9.47 Å². The molecule has 0 heterocycles. The number of hydrogen-bond donors (Lipinski definition) is 0. The normalized spacial score (nSPS) is 10.7. The number of rotatable bonds is 7. The summed E-state index contributed by atoms with van der Waals surface area (Å²) in [6, 6.07) is 16.7. The number of methoxy groups -OCH3 is 2. The van der Waals surface area contributed by atoms with Crippen LogP contribution in [0.3, 0.4) is 0 Å². The van der Waals surface area contributed by atoms with Crippen molar-refractivity contribution in [3.05, 3.63) is 59.7 Å². The molecule has 2 aromatic carbocycles. The van der Waals surface area contributed by atoms with Gasteiger partial charge in [0.05, 0.1) is 13.2 Å². The summed E-state index contributed by atoms with van der Waals surface area (Å²) in [7, 11) is 6.97. The average Bonchev–Trinajstić information content (AvgIpc) is 2.48. The van der Waals surface area contributed by atoms with Gasteiger partial charge in [0.2, 0.25) is 0 Å². The second-order valence-electron chi connectivity index (χ2n) is 4.25. The fourth-order valence-corrected chi connectivity index (χ4v) is 4.24. The average molecular weight is 306 g/mol. The molecule has 0 aromatic heterocycles. The second kappa shape index (κ2) is 8.37. The first-order chi connectivity index (χ1) is 9.85. The van der Waals surface area contributed by atoms with Gasteiger partial charge in [0.15, 0.2) is 0 Å². The minimum Gasteiger partial charge on any atom is -0.380 e. The van der Waals surface area contributed by atoms with Gasteiger partial charge >= 0.3 is 0 Å². The molecule has 0 aliphatic heterocycles. The molecule has 20 heavy (non-hydrogen) atoms. The van der Waals surface area contributed by atoms with Crippen LogP contribution in [-0.2, 0) is 22.7 Å². The van der Waals surface area contributed by atoms with Crippen LogP contribution in [0, 0.1) is 0 Å². The van der Waals surface area contributed by atoms with E-state index in [-0.39, 0.29) is 0 Å². The van der Waals surface area contributed by atoms with Crippen molar-refractivity contribution in [1.82, 2.24) is 0 Å². The summed E-state index contributed by atoms with van der Waals surface area (Å²) >= 11 is 0. The molecule has 0 amide bonds. The summed E-state index contributed by atoms with van der Waals surface area (Å²) in [6.07, 6.45) is 0. The maximum atomic E-state index is 5.24. The summed E-state index contributed by atoms with van der Waals surface area (Å²) in [5, 5.41) is 0. The van der Waals surface area contributed by atoms with Gasteiger partial charge in [0, 0.05) is 24.0 Å². The van der Waals surface area contributed by atoms with Gasteiger partial charge in [-0.1, -0.05) is 58.0 Å². The maximum absolute atomic E-state index is 5.24. The van der Waals surface area contributed by atoms with Gasteiger partial charge in [0.1, 0.15) is 0 Å². The first-order valence-electron chi connectivity index (χ1n) is 6.33. The summed E-state index contributed by atoms with van der Waals surface area (Å²) in [5.74, 6) is 0. The molecule has 0 N–H and O–H groups in total. The lowest BCUT2D eigenvalue weighted by Crippen LogP contribution is -1.90. The van der Waals surface area contributed by atoms with Crippen LogP contribution < -0.4 is 0 Å². The van der Waals surface area contributed by atoms with Crippen LogP contribution in [0.15, 0.2) is 58.3 Å². The first kappa shape index (κ1) is 15.4. The molecular formula is C16H18O2S2. The zero-order valence-electron chi connectivity index (χ0n) is 11.7. The highest BCUT2D eigenvalue weighted by molar-refractivity contribution is 8.76. The Kier molecular flexibility index (Phi) is 6.47. The van der Waals surface area contributed by atoms with E-state index in [0.29, 0.717) is 13.2 Å². The highest BCUT2D eigenvalue weighted by Crippen LogP contribution is 2.40. The fourth-order valence-electron chi connectivity index (χ4n) is 1.81. The van der Waals surface area contributed by atoms with Crippen LogP contribution in [-0.4, -0.2) is 14.2 Å². The van der Waals surface area contributed by atoms with E-state index >= 15 is 0 Å². The summed E-state index contributed by atoms with van der Waals surface area (Å²) in [6.45, 7) is 1.28. The van der Waals surface area contributed by atoms with Crippen molar-refractivity contribution in [2.45, 2.75) is 23.0 Å². The van der Waals surface area contributed by atoms with Crippen LogP contribution in [0.4, 0.5) is 0 Å². The van der Waals surface area contributed by atoms with Gasteiger partial charge in [-0.3, -0.25) is 0 Å². The predicted molar refractivity (Wildman–Crippen MR) is 86.0 cm³/mol. The fraction of sp³-hybridized carbons (Fsp3) is 0.250. The Hall–Kier alpha value is -0.940. The van der Waals surface area contributed by atoms with E-state index in [1.54, 1.807) is 35.8 Å². The van der Waals surface area contributed by atoms with Crippen molar-refractivity contribution in [2.75, 3.05) is 14.2 Å². The first-order valence-corrected chi connectivity index (χ1v) is 8.48. The Morgan fingerprint density at radius 3 is 1.50 bits per heavy atom. The third-order valence-electron chi connectivity index (χ3n) is 2.77. The van der Waals surface area contributed by atoms with E-state index in [0.717, 1.165) is 0 Å². The van der Waals surface area contributed by atoms with Crippen LogP contribution in [0.2, 0.25) is 0 Å². The van der Waals surface area contributed by atoms with E-state index < -0.39 is 0 Å². The van der Waals surface area contributed by atoms with E-state index in [2.05, 4.69) is 36.4 Å². The van der Waals surface area contributed by atoms with Gasteiger partial charge in [-0.15, -0.1) is 0 Å². The van der Waals surface area contributed by atoms with Crippen molar-refractivity contribution in [3.63, 3.8) is 0 Å². The van der Waals surface area contributed by atoms with Crippen molar-refractivity contribution in [1.29, 1.82) is 0 Å². The number of hydrogen-bond acceptors (Lipinski definition) is 4. The zero-order chi connectivity index (χ0) is 14.2. The number of ether oxygens (including phenoxy) is 2. The molecule has 0 spiro atoms. The van der Waals surface area contributed by atoms with Crippen LogP contribution >= 0.6 is 21.6 Å². The number of benzene rings is 2. The molecule has 0 atom stereocenters. The van der Waals surface area contributed by atoms with Crippen molar-refractivity contribution in [3.8, 4) is 0 Å². The van der Waals surface area contributed by atoms with Crippen LogP contribution in [0.1, 0.15) is 11.1 Å². The summed E-state index contributed by atoms with van der Waals surface area (Å²) in [4.78, 5) is 2.48. The molecule has 2 rings (SSSR count). The Labute approximate surface area is 128 Å². The van der Waals surface area contributed by atoms with E-state index in [9.17, 15) is 0 Å². The van der Waals surface area contributed by atoms with E-state index in [1.807, 2.05) is 12.1 Å². The quantitative estimate of drug-likeness (QED) is 0.685. The highest BCUT2D eigenvalue weighted by atomic mass is 33.1. The predicted octanol–water partition coefficient (Wildman–Crippen LogP) is 4.78. The smallest absolute Gasteiger partial charge is 0.0724 e. The van der Waals surface area contributed by atoms with Crippen LogP contribution in [0.25, 0.3) is 0 Å². The standard InChI is InChI=1S/C16H18O2S2/c1-17-11-13-7-3-5-9-15(13)19-20-16-10-6-4-8-14(16)12-18-2/h3-10H,11-12H2,1-2H3. The molecule has 0 bridgehead atoms. The molecule has 0 aliphatic rings. The molecule has 0 saturated carbocycles. The molecule has 2 nitrogen and oxygen atoms in total. The molecule has 106 valence electrons. The maximum Gasteiger partial charge on any atom is 0.0724 e. The third kappa shape index (κ3) is 4.28. The highest BCUT2D eigenvalue weighted by Gasteiger charge is 2.06. The molecule has 2 aromatic rings. The minimum atomic E-state index is 0.642. The van der Waals surface area contributed by atoms with Gasteiger partial charge in [-0.2, -0.15) is 0 Å². The lowest BCUT2D eigenvalue weighted by Gasteiger charge is -2.10.